The summed E-state index contributed by atoms with van der Waals surface area (Å²) in [5.41, 5.74) is 1.06. The SMILES string of the molecule is Oc1cc(-c2nc(-c3ccc(F)cc3Cl)no2)ccc1I. The summed E-state index contributed by atoms with van der Waals surface area (Å²) in [6.45, 7) is 0. The van der Waals surface area contributed by atoms with Crippen molar-refractivity contribution in [3.05, 3.63) is 50.8 Å². The molecule has 0 saturated carbocycles. The molecule has 3 rings (SSSR count). The first-order chi connectivity index (χ1) is 10.0. The van der Waals surface area contributed by atoms with E-state index < -0.39 is 5.82 Å². The lowest BCUT2D eigenvalue weighted by molar-refractivity contribution is 0.431. The van der Waals surface area contributed by atoms with Crippen LogP contribution < -0.4 is 0 Å². The van der Waals surface area contributed by atoms with Crippen LogP contribution in [0.1, 0.15) is 0 Å². The largest absolute Gasteiger partial charge is 0.507 e. The summed E-state index contributed by atoms with van der Waals surface area (Å²) in [6.07, 6.45) is 0. The maximum atomic E-state index is 13.0. The second kappa shape index (κ2) is 5.61. The Hall–Kier alpha value is -1.67. The second-order valence-corrected chi connectivity index (χ2v) is 5.78. The van der Waals surface area contributed by atoms with Crippen molar-refractivity contribution in [2.24, 2.45) is 0 Å². The summed E-state index contributed by atoms with van der Waals surface area (Å²) in [5.74, 6) is 0.202. The Bertz CT molecular complexity index is 822. The van der Waals surface area contributed by atoms with Crippen LogP contribution in [0.2, 0.25) is 5.02 Å². The molecule has 0 fully saturated rings. The summed E-state index contributed by atoms with van der Waals surface area (Å²) in [7, 11) is 0. The Balaban J connectivity index is 2.01. The van der Waals surface area contributed by atoms with Crippen LogP contribution in [-0.2, 0) is 0 Å². The van der Waals surface area contributed by atoms with Gasteiger partial charge in [-0.25, -0.2) is 4.39 Å². The van der Waals surface area contributed by atoms with E-state index in [2.05, 4.69) is 10.1 Å². The van der Waals surface area contributed by atoms with E-state index in [9.17, 15) is 9.50 Å². The third-order valence-electron chi connectivity index (χ3n) is 2.79. The quantitative estimate of drug-likeness (QED) is 0.625. The molecule has 0 atom stereocenters. The van der Waals surface area contributed by atoms with Crippen LogP contribution in [-0.4, -0.2) is 15.2 Å². The highest BCUT2D eigenvalue weighted by Crippen LogP contribution is 2.30. The van der Waals surface area contributed by atoms with Crippen molar-refractivity contribution < 1.29 is 14.0 Å². The van der Waals surface area contributed by atoms with E-state index in [4.69, 9.17) is 16.1 Å². The summed E-state index contributed by atoms with van der Waals surface area (Å²) < 4.78 is 18.9. The van der Waals surface area contributed by atoms with Gasteiger partial charge < -0.3 is 9.63 Å². The zero-order valence-corrected chi connectivity index (χ0v) is 13.3. The molecule has 0 bridgehead atoms. The summed E-state index contributed by atoms with van der Waals surface area (Å²) in [5, 5.41) is 13.7. The molecule has 4 nitrogen and oxygen atoms in total. The number of aromatic hydroxyl groups is 1. The Kier molecular flexibility index (Phi) is 3.81. The normalized spacial score (nSPS) is 10.8. The van der Waals surface area contributed by atoms with Gasteiger partial charge in [0.05, 0.1) is 8.59 Å². The number of benzene rings is 2. The van der Waals surface area contributed by atoms with Crippen molar-refractivity contribution in [1.29, 1.82) is 0 Å². The minimum atomic E-state index is -0.435. The first-order valence-corrected chi connectivity index (χ1v) is 7.28. The van der Waals surface area contributed by atoms with Gasteiger partial charge in [-0.3, -0.25) is 0 Å². The van der Waals surface area contributed by atoms with E-state index in [0.29, 0.717) is 11.1 Å². The third-order valence-corrected chi connectivity index (χ3v) is 4.02. The summed E-state index contributed by atoms with van der Waals surface area (Å²) in [6, 6.07) is 8.96. The van der Waals surface area contributed by atoms with Crippen LogP contribution in [0.4, 0.5) is 4.39 Å². The maximum absolute atomic E-state index is 13.0. The molecule has 0 amide bonds. The van der Waals surface area contributed by atoms with Crippen molar-refractivity contribution >= 4 is 34.2 Å². The number of hydrogen-bond acceptors (Lipinski definition) is 4. The monoisotopic (exact) mass is 416 g/mol. The van der Waals surface area contributed by atoms with Gasteiger partial charge in [0.25, 0.3) is 5.89 Å². The molecule has 0 unspecified atom stereocenters. The first kappa shape index (κ1) is 14.3. The van der Waals surface area contributed by atoms with Crippen LogP contribution in [0.25, 0.3) is 22.8 Å². The van der Waals surface area contributed by atoms with Crippen molar-refractivity contribution in [3.63, 3.8) is 0 Å². The van der Waals surface area contributed by atoms with Gasteiger partial charge in [0.1, 0.15) is 11.6 Å². The van der Waals surface area contributed by atoms with Crippen LogP contribution in [0, 0.1) is 9.39 Å². The highest BCUT2D eigenvalue weighted by Gasteiger charge is 2.14. The molecule has 106 valence electrons. The number of nitrogens with zero attached hydrogens (tertiary/aromatic N) is 2. The average molecular weight is 417 g/mol. The van der Waals surface area contributed by atoms with E-state index in [1.54, 1.807) is 12.1 Å². The van der Waals surface area contributed by atoms with E-state index in [1.807, 2.05) is 22.6 Å². The third kappa shape index (κ3) is 2.86. The molecular formula is C14H7ClFIN2O2. The lowest BCUT2D eigenvalue weighted by atomic mass is 10.2. The predicted molar refractivity (Wildman–Crippen MR) is 84.5 cm³/mol. The molecule has 7 heteroatoms. The summed E-state index contributed by atoms with van der Waals surface area (Å²) >= 11 is 7.98. The second-order valence-electron chi connectivity index (χ2n) is 4.21. The van der Waals surface area contributed by atoms with E-state index in [1.165, 1.54) is 24.3 Å². The molecular weight excluding hydrogens is 410 g/mol. The zero-order valence-electron chi connectivity index (χ0n) is 10.3. The molecule has 0 aliphatic rings. The highest BCUT2D eigenvalue weighted by atomic mass is 127. The van der Waals surface area contributed by atoms with Gasteiger partial charge >= 0.3 is 0 Å². The molecule has 0 radical (unpaired) electrons. The van der Waals surface area contributed by atoms with Crippen molar-refractivity contribution in [1.82, 2.24) is 10.1 Å². The molecule has 0 spiro atoms. The molecule has 1 aromatic heterocycles. The first-order valence-electron chi connectivity index (χ1n) is 5.82. The summed E-state index contributed by atoms with van der Waals surface area (Å²) in [4.78, 5) is 4.21. The minimum Gasteiger partial charge on any atom is -0.507 e. The Morgan fingerprint density at radius 2 is 2.00 bits per heavy atom. The zero-order chi connectivity index (χ0) is 15.0. The molecule has 1 N–H and O–H groups in total. The average Bonchev–Trinajstić information content (AvgIpc) is 2.91. The van der Waals surface area contributed by atoms with Gasteiger partial charge in [0, 0.05) is 11.1 Å². The van der Waals surface area contributed by atoms with Crippen LogP contribution >= 0.6 is 34.2 Å². The number of halogens is 3. The Morgan fingerprint density at radius 1 is 1.19 bits per heavy atom. The van der Waals surface area contributed by atoms with Crippen molar-refractivity contribution in [2.75, 3.05) is 0 Å². The lowest BCUT2D eigenvalue weighted by Gasteiger charge is -1.99. The minimum absolute atomic E-state index is 0.132. The molecule has 21 heavy (non-hydrogen) atoms. The fourth-order valence-electron chi connectivity index (χ4n) is 1.77. The van der Waals surface area contributed by atoms with Gasteiger partial charge in [-0.1, -0.05) is 16.8 Å². The van der Waals surface area contributed by atoms with Crippen molar-refractivity contribution in [2.45, 2.75) is 0 Å². The van der Waals surface area contributed by atoms with Crippen LogP contribution in [0.5, 0.6) is 5.75 Å². The fourth-order valence-corrected chi connectivity index (χ4v) is 2.35. The highest BCUT2D eigenvalue weighted by molar-refractivity contribution is 14.1. The number of phenols is 1. The number of hydrogen-bond donors (Lipinski definition) is 1. The molecule has 2 aromatic carbocycles. The molecule has 1 heterocycles. The molecule has 0 aliphatic carbocycles. The lowest BCUT2D eigenvalue weighted by Crippen LogP contribution is -1.84. The van der Waals surface area contributed by atoms with Gasteiger partial charge in [-0.05, 0) is 59.0 Å². The number of phenolic OH excluding ortho intramolecular Hbond substituents is 1. The maximum Gasteiger partial charge on any atom is 0.258 e. The predicted octanol–water partition coefficient (Wildman–Crippen LogP) is 4.51. The van der Waals surface area contributed by atoms with Gasteiger partial charge in [0.2, 0.25) is 5.82 Å². The van der Waals surface area contributed by atoms with E-state index >= 15 is 0 Å². The Labute approximate surface area is 137 Å². The standard InChI is InChI=1S/C14H7ClFIN2O2/c15-10-6-8(16)2-3-9(10)13-18-14(21-19-13)7-1-4-11(17)12(20)5-7/h1-6,20H. The molecule has 0 aliphatic heterocycles. The van der Waals surface area contributed by atoms with Gasteiger partial charge in [-0.2, -0.15) is 4.98 Å². The number of aromatic nitrogens is 2. The van der Waals surface area contributed by atoms with Gasteiger partial charge in [-0.15, -0.1) is 0 Å². The van der Waals surface area contributed by atoms with E-state index in [0.717, 1.165) is 3.57 Å². The smallest absolute Gasteiger partial charge is 0.258 e. The van der Waals surface area contributed by atoms with Crippen LogP contribution in [0.15, 0.2) is 40.9 Å². The topological polar surface area (TPSA) is 59.2 Å². The van der Waals surface area contributed by atoms with Crippen molar-refractivity contribution in [3.8, 4) is 28.6 Å². The Morgan fingerprint density at radius 3 is 2.71 bits per heavy atom. The van der Waals surface area contributed by atoms with E-state index in [-0.39, 0.29) is 22.5 Å². The molecule has 0 saturated heterocycles. The van der Waals surface area contributed by atoms with Gasteiger partial charge in [0.15, 0.2) is 0 Å². The fraction of sp³-hybridized carbons (Fsp3) is 0. The number of rotatable bonds is 2. The van der Waals surface area contributed by atoms with Crippen LogP contribution in [0.3, 0.4) is 0 Å². The molecule has 3 aromatic rings.